The van der Waals surface area contributed by atoms with Crippen molar-refractivity contribution in [3.8, 4) is 28.3 Å². The van der Waals surface area contributed by atoms with Gasteiger partial charge in [0.25, 0.3) is 0 Å². The quantitative estimate of drug-likeness (QED) is 0.701. The van der Waals surface area contributed by atoms with Crippen molar-refractivity contribution in [2.75, 3.05) is 7.11 Å². The molecule has 3 nitrogen and oxygen atoms in total. The van der Waals surface area contributed by atoms with E-state index in [1.54, 1.807) is 7.11 Å². The van der Waals surface area contributed by atoms with E-state index in [9.17, 15) is 0 Å². The SMILES string of the molecule is COc1ccc(-c2cc(-c3ccccc3Cl)on2)cc1. The topological polar surface area (TPSA) is 35.3 Å². The Labute approximate surface area is 121 Å². The van der Waals surface area contributed by atoms with Crippen LogP contribution in [0.25, 0.3) is 22.6 Å². The highest BCUT2D eigenvalue weighted by molar-refractivity contribution is 6.33. The molecular weight excluding hydrogens is 274 g/mol. The Morgan fingerprint density at radius 1 is 1.05 bits per heavy atom. The average molecular weight is 286 g/mol. The summed E-state index contributed by atoms with van der Waals surface area (Å²) in [6.45, 7) is 0. The summed E-state index contributed by atoms with van der Waals surface area (Å²) >= 11 is 6.15. The second-order valence-corrected chi connectivity index (χ2v) is 4.69. The molecule has 0 aliphatic rings. The number of aromatic nitrogens is 1. The zero-order valence-electron chi connectivity index (χ0n) is 10.8. The molecule has 0 unspecified atom stereocenters. The number of hydrogen-bond donors (Lipinski definition) is 0. The van der Waals surface area contributed by atoms with Gasteiger partial charge in [-0.3, -0.25) is 0 Å². The Balaban J connectivity index is 1.95. The van der Waals surface area contributed by atoms with Crippen LogP contribution >= 0.6 is 11.6 Å². The molecule has 0 aliphatic heterocycles. The van der Waals surface area contributed by atoms with Crippen molar-refractivity contribution in [1.82, 2.24) is 5.16 Å². The molecule has 100 valence electrons. The second kappa shape index (κ2) is 5.39. The molecule has 0 aliphatic carbocycles. The number of rotatable bonds is 3. The van der Waals surface area contributed by atoms with E-state index in [0.717, 1.165) is 22.6 Å². The van der Waals surface area contributed by atoms with Crippen LogP contribution in [0.15, 0.2) is 59.1 Å². The fourth-order valence-corrected chi connectivity index (χ4v) is 2.19. The van der Waals surface area contributed by atoms with Gasteiger partial charge in [0.1, 0.15) is 11.4 Å². The number of benzene rings is 2. The standard InChI is InChI=1S/C16H12ClNO2/c1-19-12-8-6-11(7-9-12)15-10-16(20-18-15)13-4-2-3-5-14(13)17/h2-10H,1H3. The summed E-state index contributed by atoms with van der Waals surface area (Å²) in [5.41, 5.74) is 2.57. The van der Waals surface area contributed by atoms with Crippen LogP contribution in [-0.2, 0) is 0 Å². The molecule has 0 saturated carbocycles. The van der Waals surface area contributed by atoms with Crippen molar-refractivity contribution >= 4 is 11.6 Å². The van der Waals surface area contributed by atoms with Crippen LogP contribution in [0.4, 0.5) is 0 Å². The van der Waals surface area contributed by atoms with Crippen LogP contribution < -0.4 is 4.74 Å². The third kappa shape index (κ3) is 2.40. The summed E-state index contributed by atoms with van der Waals surface area (Å²) in [6.07, 6.45) is 0. The number of methoxy groups -OCH3 is 1. The summed E-state index contributed by atoms with van der Waals surface area (Å²) in [5, 5.41) is 4.73. The minimum atomic E-state index is 0.643. The predicted octanol–water partition coefficient (Wildman–Crippen LogP) is 4.67. The van der Waals surface area contributed by atoms with E-state index in [1.807, 2.05) is 54.6 Å². The largest absolute Gasteiger partial charge is 0.497 e. The van der Waals surface area contributed by atoms with Gasteiger partial charge in [0.2, 0.25) is 0 Å². The van der Waals surface area contributed by atoms with E-state index in [1.165, 1.54) is 0 Å². The molecule has 2 aromatic carbocycles. The first kappa shape index (κ1) is 12.8. The molecule has 1 aromatic heterocycles. The maximum atomic E-state index is 6.15. The Hall–Kier alpha value is -2.26. The summed E-state index contributed by atoms with van der Waals surface area (Å²) in [4.78, 5) is 0. The molecule has 4 heteroatoms. The van der Waals surface area contributed by atoms with Crippen LogP contribution in [0.5, 0.6) is 5.75 Å². The normalized spacial score (nSPS) is 10.5. The van der Waals surface area contributed by atoms with Crippen molar-refractivity contribution < 1.29 is 9.26 Å². The van der Waals surface area contributed by atoms with Gasteiger partial charge in [-0.25, -0.2) is 0 Å². The molecule has 0 atom stereocenters. The van der Waals surface area contributed by atoms with Crippen LogP contribution in [0.3, 0.4) is 0 Å². The Morgan fingerprint density at radius 3 is 2.50 bits per heavy atom. The van der Waals surface area contributed by atoms with Crippen LogP contribution in [-0.4, -0.2) is 12.3 Å². The van der Waals surface area contributed by atoms with Gasteiger partial charge < -0.3 is 9.26 Å². The van der Waals surface area contributed by atoms with Gasteiger partial charge >= 0.3 is 0 Å². The number of ether oxygens (including phenoxy) is 1. The van der Waals surface area contributed by atoms with Gasteiger partial charge in [-0.1, -0.05) is 28.9 Å². The summed E-state index contributed by atoms with van der Waals surface area (Å²) in [7, 11) is 1.64. The lowest BCUT2D eigenvalue weighted by Gasteiger charge is -1.99. The van der Waals surface area contributed by atoms with Crippen LogP contribution in [0.2, 0.25) is 5.02 Å². The monoisotopic (exact) mass is 285 g/mol. The molecule has 0 fully saturated rings. The highest BCUT2D eigenvalue weighted by Crippen LogP contribution is 2.31. The minimum absolute atomic E-state index is 0.643. The number of halogens is 1. The van der Waals surface area contributed by atoms with Crippen LogP contribution in [0.1, 0.15) is 0 Å². The van der Waals surface area contributed by atoms with Gasteiger partial charge in [-0.15, -0.1) is 0 Å². The third-order valence-corrected chi connectivity index (χ3v) is 3.36. The molecular formula is C16H12ClNO2. The number of nitrogens with zero attached hydrogens (tertiary/aromatic N) is 1. The lowest BCUT2D eigenvalue weighted by Crippen LogP contribution is -1.82. The van der Waals surface area contributed by atoms with Crippen molar-refractivity contribution in [2.24, 2.45) is 0 Å². The van der Waals surface area contributed by atoms with Crippen molar-refractivity contribution in [3.63, 3.8) is 0 Å². The fraction of sp³-hybridized carbons (Fsp3) is 0.0625. The lowest BCUT2D eigenvalue weighted by molar-refractivity contribution is 0.415. The van der Waals surface area contributed by atoms with E-state index in [0.29, 0.717) is 10.8 Å². The molecule has 0 saturated heterocycles. The first-order chi connectivity index (χ1) is 9.78. The summed E-state index contributed by atoms with van der Waals surface area (Å²) in [6, 6.07) is 17.1. The third-order valence-electron chi connectivity index (χ3n) is 3.04. The highest BCUT2D eigenvalue weighted by Gasteiger charge is 2.11. The smallest absolute Gasteiger partial charge is 0.168 e. The summed E-state index contributed by atoms with van der Waals surface area (Å²) in [5.74, 6) is 1.46. The minimum Gasteiger partial charge on any atom is -0.497 e. The Morgan fingerprint density at radius 2 is 1.80 bits per heavy atom. The van der Waals surface area contributed by atoms with E-state index in [-0.39, 0.29) is 0 Å². The van der Waals surface area contributed by atoms with Gasteiger partial charge in [0, 0.05) is 17.2 Å². The van der Waals surface area contributed by atoms with Crippen molar-refractivity contribution in [3.05, 3.63) is 59.6 Å². The van der Waals surface area contributed by atoms with Gasteiger partial charge in [0.05, 0.1) is 12.1 Å². The highest BCUT2D eigenvalue weighted by atomic mass is 35.5. The van der Waals surface area contributed by atoms with E-state index < -0.39 is 0 Å². The first-order valence-electron chi connectivity index (χ1n) is 6.14. The molecule has 0 spiro atoms. The maximum Gasteiger partial charge on any atom is 0.168 e. The van der Waals surface area contributed by atoms with Crippen LogP contribution in [0, 0.1) is 0 Å². The molecule has 0 bridgehead atoms. The lowest BCUT2D eigenvalue weighted by atomic mass is 10.1. The maximum absolute atomic E-state index is 6.15. The zero-order chi connectivity index (χ0) is 13.9. The zero-order valence-corrected chi connectivity index (χ0v) is 11.6. The van der Waals surface area contributed by atoms with Gasteiger partial charge in [0.15, 0.2) is 5.76 Å². The number of hydrogen-bond acceptors (Lipinski definition) is 3. The molecule has 3 rings (SSSR count). The molecule has 1 heterocycles. The van der Waals surface area contributed by atoms with Crippen molar-refractivity contribution in [1.29, 1.82) is 0 Å². The van der Waals surface area contributed by atoms with E-state index in [2.05, 4.69) is 5.16 Å². The fourth-order valence-electron chi connectivity index (χ4n) is 1.96. The van der Waals surface area contributed by atoms with Gasteiger partial charge in [-0.05, 0) is 36.4 Å². The van der Waals surface area contributed by atoms with E-state index in [4.69, 9.17) is 20.9 Å². The molecule has 20 heavy (non-hydrogen) atoms. The molecule has 0 amide bonds. The molecule has 3 aromatic rings. The van der Waals surface area contributed by atoms with Crippen molar-refractivity contribution in [2.45, 2.75) is 0 Å². The second-order valence-electron chi connectivity index (χ2n) is 4.28. The molecule has 0 N–H and O–H groups in total. The Kier molecular flexibility index (Phi) is 3.44. The average Bonchev–Trinajstić information content (AvgIpc) is 2.97. The van der Waals surface area contributed by atoms with E-state index >= 15 is 0 Å². The Bertz CT molecular complexity index is 719. The predicted molar refractivity (Wildman–Crippen MR) is 78.9 cm³/mol. The van der Waals surface area contributed by atoms with Gasteiger partial charge in [-0.2, -0.15) is 0 Å². The summed E-state index contributed by atoms with van der Waals surface area (Å²) < 4.78 is 10.5. The molecule has 0 radical (unpaired) electrons. The first-order valence-corrected chi connectivity index (χ1v) is 6.52.